The number of ether oxygens (including phenoxy) is 1. The monoisotopic (exact) mass is 425 g/mol. The molecule has 0 saturated heterocycles. The van der Waals surface area contributed by atoms with Gasteiger partial charge in [0.25, 0.3) is 5.91 Å². The van der Waals surface area contributed by atoms with Crippen molar-refractivity contribution in [3.63, 3.8) is 0 Å². The number of carbonyl (C=O) groups excluding carboxylic acids is 1. The Morgan fingerprint density at radius 2 is 1.66 bits per heavy atom. The van der Waals surface area contributed by atoms with Gasteiger partial charge in [-0.3, -0.25) is 9.59 Å². The third-order valence-corrected chi connectivity index (χ3v) is 6.07. The van der Waals surface area contributed by atoms with Crippen molar-refractivity contribution < 1.29 is 13.9 Å². The van der Waals surface area contributed by atoms with E-state index < -0.39 is 6.04 Å². The van der Waals surface area contributed by atoms with Crippen molar-refractivity contribution in [2.75, 3.05) is 13.7 Å². The Morgan fingerprint density at radius 3 is 2.38 bits per heavy atom. The molecule has 5 nitrogen and oxygen atoms in total. The number of para-hydroxylation sites is 1. The number of aryl methyl sites for hydroxylation is 1. The zero-order valence-electron chi connectivity index (χ0n) is 18.0. The molecule has 4 aromatic rings. The predicted molar refractivity (Wildman–Crippen MR) is 123 cm³/mol. The molecule has 1 amide bonds. The SMILES string of the molecule is COc1ccc(CCN2C(=O)c3oc4ccccc4c(=O)c3[C@@H]2c2ccc(C)cc2)cc1. The molecule has 1 aliphatic rings. The second-order valence-corrected chi connectivity index (χ2v) is 8.08. The summed E-state index contributed by atoms with van der Waals surface area (Å²) < 4.78 is 11.2. The summed E-state index contributed by atoms with van der Waals surface area (Å²) in [6.07, 6.45) is 0.653. The normalized spacial score (nSPS) is 15.2. The molecule has 0 N–H and O–H groups in total. The number of hydrogen-bond acceptors (Lipinski definition) is 4. The first kappa shape index (κ1) is 20.1. The van der Waals surface area contributed by atoms with Gasteiger partial charge in [-0.05, 0) is 48.7 Å². The van der Waals surface area contributed by atoms with Gasteiger partial charge in [0, 0.05) is 6.54 Å². The summed E-state index contributed by atoms with van der Waals surface area (Å²) in [5, 5.41) is 0.494. The summed E-state index contributed by atoms with van der Waals surface area (Å²) in [5.74, 6) is 0.688. The van der Waals surface area contributed by atoms with Crippen LogP contribution in [0.15, 0.2) is 82.0 Å². The van der Waals surface area contributed by atoms with Crippen LogP contribution in [0.2, 0.25) is 0 Å². The molecule has 5 rings (SSSR count). The molecule has 160 valence electrons. The van der Waals surface area contributed by atoms with E-state index in [9.17, 15) is 9.59 Å². The van der Waals surface area contributed by atoms with E-state index in [0.29, 0.717) is 29.5 Å². The van der Waals surface area contributed by atoms with Crippen LogP contribution >= 0.6 is 0 Å². The lowest BCUT2D eigenvalue weighted by Gasteiger charge is -2.25. The molecule has 2 heterocycles. The molecular weight excluding hydrogens is 402 g/mol. The summed E-state index contributed by atoms with van der Waals surface area (Å²) in [7, 11) is 1.63. The molecule has 3 aromatic carbocycles. The molecule has 32 heavy (non-hydrogen) atoms. The Hall–Kier alpha value is -3.86. The van der Waals surface area contributed by atoms with Crippen LogP contribution in [0, 0.1) is 6.92 Å². The Bertz CT molecular complexity index is 1350. The van der Waals surface area contributed by atoms with E-state index in [-0.39, 0.29) is 17.1 Å². The molecule has 1 atom stereocenters. The van der Waals surface area contributed by atoms with E-state index in [4.69, 9.17) is 9.15 Å². The van der Waals surface area contributed by atoms with Gasteiger partial charge in [-0.25, -0.2) is 0 Å². The smallest absolute Gasteiger partial charge is 0.290 e. The highest BCUT2D eigenvalue weighted by Crippen LogP contribution is 2.38. The van der Waals surface area contributed by atoms with Crippen molar-refractivity contribution in [1.29, 1.82) is 0 Å². The van der Waals surface area contributed by atoms with Crippen molar-refractivity contribution in [2.24, 2.45) is 0 Å². The van der Waals surface area contributed by atoms with E-state index in [1.54, 1.807) is 30.2 Å². The number of carbonyl (C=O) groups is 1. The fraction of sp³-hybridized carbons (Fsp3) is 0.185. The largest absolute Gasteiger partial charge is 0.497 e. The Labute approximate surface area is 185 Å². The number of hydrogen-bond donors (Lipinski definition) is 0. The highest BCUT2D eigenvalue weighted by atomic mass is 16.5. The van der Waals surface area contributed by atoms with Gasteiger partial charge in [0.2, 0.25) is 5.76 Å². The highest BCUT2D eigenvalue weighted by Gasteiger charge is 2.42. The minimum absolute atomic E-state index is 0.146. The van der Waals surface area contributed by atoms with Gasteiger partial charge in [-0.1, -0.05) is 54.1 Å². The van der Waals surface area contributed by atoms with Crippen LogP contribution in [0.25, 0.3) is 11.0 Å². The molecule has 1 aliphatic heterocycles. The minimum atomic E-state index is -0.475. The van der Waals surface area contributed by atoms with E-state index in [2.05, 4.69) is 0 Å². The number of nitrogens with zero attached hydrogens (tertiary/aromatic N) is 1. The van der Waals surface area contributed by atoms with Crippen molar-refractivity contribution in [1.82, 2.24) is 4.90 Å². The number of benzene rings is 3. The summed E-state index contributed by atoms with van der Waals surface area (Å²) in [6.45, 7) is 2.48. The summed E-state index contributed by atoms with van der Waals surface area (Å²) >= 11 is 0. The molecule has 0 bridgehead atoms. The summed E-state index contributed by atoms with van der Waals surface area (Å²) in [4.78, 5) is 28.6. The molecule has 1 aromatic heterocycles. The second kappa shape index (κ2) is 8.00. The number of methoxy groups -OCH3 is 1. The Balaban J connectivity index is 1.58. The Morgan fingerprint density at radius 1 is 0.938 bits per heavy atom. The molecule has 0 spiro atoms. The fourth-order valence-electron chi connectivity index (χ4n) is 4.33. The van der Waals surface area contributed by atoms with Gasteiger partial charge in [0.05, 0.1) is 24.1 Å². The first-order valence-electron chi connectivity index (χ1n) is 10.6. The molecule has 5 heteroatoms. The molecule has 0 saturated carbocycles. The van der Waals surface area contributed by atoms with Gasteiger partial charge in [-0.15, -0.1) is 0 Å². The average molecular weight is 425 g/mol. The second-order valence-electron chi connectivity index (χ2n) is 8.08. The first-order valence-corrected chi connectivity index (χ1v) is 10.6. The molecular formula is C27H23NO4. The quantitative estimate of drug-likeness (QED) is 0.456. The first-order chi connectivity index (χ1) is 15.6. The number of amides is 1. The Kier molecular flexibility index (Phi) is 5.02. The number of fused-ring (bicyclic) bond motifs is 2. The third-order valence-electron chi connectivity index (χ3n) is 6.07. The number of rotatable bonds is 5. The maximum atomic E-state index is 13.5. The van der Waals surface area contributed by atoms with E-state index in [0.717, 1.165) is 22.4 Å². The van der Waals surface area contributed by atoms with Crippen LogP contribution in [0.1, 0.15) is 38.9 Å². The van der Waals surface area contributed by atoms with E-state index in [1.807, 2.05) is 61.5 Å². The van der Waals surface area contributed by atoms with Crippen molar-refractivity contribution >= 4 is 16.9 Å². The zero-order valence-corrected chi connectivity index (χ0v) is 18.0. The lowest BCUT2D eigenvalue weighted by Crippen LogP contribution is -2.31. The highest BCUT2D eigenvalue weighted by molar-refractivity contribution is 5.99. The summed E-state index contributed by atoms with van der Waals surface area (Å²) in [6, 6.07) is 22.4. The lowest BCUT2D eigenvalue weighted by molar-refractivity contribution is 0.0730. The van der Waals surface area contributed by atoms with Crippen LogP contribution in [0.5, 0.6) is 5.75 Å². The predicted octanol–water partition coefficient (Wildman–Crippen LogP) is 4.90. The van der Waals surface area contributed by atoms with Crippen molar-refractivity contribution in [3.8, 4) is 5.75 Å². The molecule has 0 fully saturated rings. The average Bonchev–Trinajstić information content (AvgIpc) is 3.10. The van der Waals surface area contributed by atoms with Crippen LogP contribution in [0.3, 0.4) is 0 Å². The van der Waals surface area contributed by atoms with Gasteiger partial charge >= 0.3 is 0 Å². The standard InChI is InChI=1S/C27H23NO4/c1-17-7-11-19(12-8-17)24-23-25(29)21-5-3-4-6-22(21)32-26(23)27(30)28(24)16-15-18-9-13-20(31-2)14-10-18/h3-14,24H,15-16H2,1-2H3/t24-/m0/s1. The van der Waals surface area contributed by atoms with Crippen LogP contribution < -0.4 is 10.2 Å². The summed E-state index contributed by atoms with van der Waals surface area (Å²) in [5.41, 5.74) is 3.82. The van der Waals surface area contributed by atoms with Gasteiger partial charge in [0.15, 0.2) is 5.43 Å². The molecule has 0 aliphatic carbocycles. The topological polar surface area (TPSA) is 59.8 Å². The van der Waals surface area contributed by atoms with Gasteiger partial charge in [-0.2, -0.15) is 0 Å². The fourth-order valence-corrected chi connectivity index (χ4v) is 4.33. The zero-order chi connectivity index (χ0) is 22.2. The van der Waals surface area contributed by atoms with Crippen LogP contribution in [0.4, 0.5) is 0 Å². The van der Waals surface area contributed by atoms with Gasteiger partial charge in [0.1, 0.15) is 11.3 Å². The van der Waals surface area contributed by atoms with Gasteiger partial charge < -0.3 is 14.1 Å². The molecule has 0 unspecified atom stereocenters. The minimum Gasteiger partial charge on any atom is -0.497 e. The van der Waals surface area contributed by atoms with E-state index in [1.165, 1.54) is 0 Å². The maximum absolute atomic E-state index is 13.5. The third kappa shape index (κ3) is 3.36. The maximum Gasteiger partial charge on any atom is 0.290 e. The van der Waals surface area contributed by atoms with Crippen LogP contribution in [-0.4, -0.2) is 24.5 Å². The van der Waals surface area contributed by atoms with Crippen molar-refractivity contribution in [2.45, 2.75) is 19.4 Å². The molecule has 0 radical (unpaired) electrons. The van der Waals surface area contributed by atoms with Crippen LogP contribution in [-0.2, 0) is 6.42 Å². The van der Waals surface area contributed by atoms with Crippen molar-refractivity contribution in [3.05, 3.63) is 111 Å². The van der Waals surface area contributed by atoms with E-state index >= 15 is 0 Å². The lowest BCUT2D eigenvalue weighted by atomic mass is 9.97.